The van der Waals surface area contributed by atoms with E-state index in [1.54, 1.807) is 0 Å². The molecule has 0 bridgehead atoms. The number of esters is 1. The zero-order valence-corrected chi connectivity index (χ0v) is 11.4. The van der Waals surface area contributed by atoms with Crippen LogP contribution in [0.25, 0.3) is 10.9 Å². The zero-order chi connectivity index (χ0) is 14.0. The zero-order valence-electron chi connectivity index (χ0n) is 11.4. The van der Waals surface area contributed by atoms with Crippen molar-refractivity contribution in [1.82, 2.24) is 10.2 Å². The molecule has 2 aromatic rings. The van der Waals surface area contributed by atoms with Crippen LogP contribution < -0.4 is 5.73 Å². The number of rotatable bonds is 3. The van der Waals surface area contributed by atoms with Crippen molar-refractivity contribution in [3.63, 3.8) is 0 Å². The molecule has 5 nitrogen and oxygen atoms in total. The number of H-pyrrole nitrogens is 1. The van der Waals surface area contributed by atoms with Crippen molar-refractivity contribution in [3.05, 3.63) is 30.0 Å². The third kappa shape index (κ3) is 3.32. The van der Waals surface area contributed by atoms with Crippen LogP contribution in [-0.2, 0) is 16.0 Å². The summed E-state index contributed by atoms with van der Waals surface area (Å²) in [7, 11) is 0. The Balaban J connectivity index is 2.10. The van der Waals surface area contributed by atoms with Gasteiger partial charge in [-0.1, -0.05) is 18.2 Å². The second-order valence-corrected chi connectivity index (χ2v) is 5.56. The van der Waals surface area contributed by atoms with E-state index in [9.17, 15) is 4.79 Å². The van der Waals surface area contributed by atoms with Crippen LogP contribution in [0.2, 0.25) is 0 Å². The highest BCUT2D eigenvalue weighted by Crippen LogP contribution is 2.17. The van der Waals surface area contributed by atoms with Gasteiger partial charge in [0.2, 0.25) is 0 Å². The molecule has 1 aromatic heterocycles. The maximum atomic E-state index is 11.8. The summed E-state index contributed by atoms with van der Waals surface area (Å²) in [6.07, 6.45) is 0.384. The van der Waals surface area contributed by atoms with Crippen molar-refractivity contribution < 1.29 is 9.53 Å². The fourth-order valence-corrected chi connectivity index (χ4v) is 1.85. The lowest BCUT2D eigenvalue weighted by atomic mass is 10.1. The lowest BCUT2D eigenvalue weighted by molar-refractivity contribution is -0.156. The largest absolute Gasteiger partial charge is 0.459 e. The van der Waals surface area contributed by atoms with Gasteiger partial charge in [-0.15, -0.1) is 0 Å². The number of hydrogen-bond acceptors (Lipinski definition) is 4. The van der Waals surface area contributed by atoms with Gasteiger partial charge in [0.25, 0.3) is 0 Å². The van der Waals surface area contributed by atoms with E-state index in [0.29, 0.717) is 6.42 Å². The number of nitrogens with one attached hydrogen (secondary N) is 1. The van der Waals surface area contributed by atoms with Gasteiger partial charge in [-0.2, -0.15) is 5.10 Å². The summed E-state index contributed by atoms with van der Waals surface area (Å²) in [5.41, 5.74) is 7.09. The molecule has 1 atom stereocenters. The topological polar surface area (TPSA) is 81.0 Å². The van der Waals surface area contributed by atoms with Crippen LogP contribution in [0.5, 0.6) is 0 Å². The summed E-state index contributed by atoms with van der Waals surface area (Å²) in [6, 6.07) is 7.02. The van der Waals surface area contributed by atoms with Gasteiger partial charge < -0.3 is 10.5 Å². The Morgan fingerprint density at radius 2 is 2.11 bits per heavy atom. The molecule has 0 radical (unpaired) electrons. The van der Waals surface area contributed by atoms with E-state index in [0.717, 1.165) is 16.6 Å². The van der Waals surface area contributed by atoms with Crippen LogP contribution in [0.4, 0.5) is 0 Å². The molecular weight excluding hydrogens is 242 g/mol. The van der Waals surface area contributed by atoms with Crippen molar-refractivity contribution >= 4 is 16.9 Å². The van der Waals surface area contributed by atoms with Crippen molar-refractivity contribution in [2.45, 2.75) is 38.8 Å². The number of hydrogen-bond donors (Lipinski definition) is 2. The molecule has 0 aliphatic rings. The summed E-state index contributed by atoms with van der Waals surface area (Å²) in [5, 5.41) is 8.09. The first kappa shape index (κ1) is 13.5. The number of carbonyl (C=O) groups excluding carboxylic acids is 1. The van der Waals surface area contributed by atoms with Crippen LogP contribution in [0.1, 0.15) is 26.5 Å². The van der Waals surface area contributed by atoms with Gasteiger partial charge >= 0.3 is 5.97 Å². The Labute approximate surface area is 112 Å². The normalized spacial score (nSPS) is 13.5. The smallest absolute Gasteiger partial charge is 0.323 e. The molecule has 0 aliphatic carbocycles. The summed E-state index contributed by atoms with van der Waals surface area (Å²) >= 11 is 0. The van der Waals surface area contributed by atoms with Crippen molar-refractivity contribution in [3.8, 4) is 0 Å². The Morgan fingerprint density at radius 3 is 2.79 bits per heavy atom. The molecule has 5 heteroatoms. The third-order valence-electron chi connectivity index (χ3n) is 2.67. The van der Waals surface area contributed by atoms with Gasteiger partial charge in [0.15, 0.2) is 0 Å². The summed E-state index contributed by atoms with van der Waals surface area (Å²) in [4.78, 5) is 11.8. The summed E-state index contributed by atoms with van der Waals surface area (Å²) in [6.45, 7) is 5.47. The van der Waals surface area contributed by atoms with Crippen LogP contribution in [0.3, 0.4) is 0 Å². The van der Waals surface area contributed by atoms with Gasteiger partial charge in [-0.25, -0.2) is 0 Å². The standard InChI is InChI=1S/C14H19N3O2/c1-14(2,3)19-13(18)10(15)8-12-9-6-4-5-7-11(9)16-17-12/h4-7,10H,8,15H2,1-3H3,(H,16,17). The predicted molar refractivity (Wildman–Crippen MR) is 73.6 cm³/mol. The average molecular weight is 261 g/mol. The fraction of sp³-hybridized carbons (Fsp3) is 0.429. The van der Waals surface area contributed by atoms with E-state index < -0.39 is 17.6 Å². The minimum absolute atomic E-state index is 0.384. The molecule has 2 rings (SSSR count). The molecule has 1 unspecified atom stereocenters. The van der Waals surface area contributed by atoms with Gasteiger partial charge in [-0.3, -0.25) is 9.89 Å². The van der Waals surface area contributed by atoms with E-state index in [4.69, 9.17) is 10.5 Å². The van der Waals surface area contributed by atoms with E-state index in [1.165, 1.54) is 0 Å². The molecule has 19 heavy (non-hydrogen) atoms. The molecule has 3 N–H and O–H groups in total. The van der Waals surface area contributed by atoms with E-state index >= 15 is 0 Å². The summed E-state index contributed by atoms with van der Waals surface area (Å²) < 4.78 is 5.26. The lowest BCUT2D eigenvalue weighted by Crippen LogP contribution is -2.38. The van der Waals surface area contributed by atoms with Crippen LogP contribution >= 0.6 is 0 Å². The minimum Gasteiger partial charge on any atom is -0.459 e. The second-order valence-electron chi connectivity index (χ2n) is 5.56. The van der Waals surface area contributed by atoms with Crippen molar-refractivity contribution in [2.24, 2.45) is 5.73 Å². The number of para-hydroxylation sites is 1. The molecule has 1 heterocycles. The van der Waals surface area contributed by atoms with Crippen LogP contribution in [0.15, 0.2) is 24.3 Å². The number of nitrogens with zero attached hydrogens (tertiary/aromatic N) is 1. The Bertz CT molecular complexity index is 584. The molecule has 102 valence electrons. The number of ether oxygens (including phenoxy) is 1. The summed E-state index contributed by atoms with van der Waals surface area (Å²) in [5.74, 6) is -0.397. The number of aromatic nitrogens is 2. The SMILES string of the molecule is CC(C)(C)OC(=O)C(N)Cc1[nH]nc2ccccc12. The number of benzene rings is 1. The molecule has 0 aliphatic heterocycles. The first-order chi connectivity index (χ1) is 8.87. The van der Waals surface area contributed by atoms with Crippen LogP contribution in [0, 0.1) is 0 Å². The Kier molecular flexibility index (Phi) is 3.57. The van der Waals surface area contributed by atoms with E-state index in [-0.39, 0.29) is 0 Å². The highest BCUT2D eigenvalue weighted by atomic mass is 16.6. The number of nitrogens with two attached hydrogens (primary N) is 1. The quantitative estimate of drug-likeness (QED) is 0.825. The average Bonchev–Trinajstić information content (AvgIpc) is 2.70. The Morgan fingerprint density at radius 1 is 1.42 bits per heavy atom. The highest BCUT2D eigenvalue weighted by molar-refractivity contribution is 5.82. The predicted octanol–water partition coefficient (Wildman–Crippen LogP) is 1.77. The molecule has 0 amide bonds. The number of fused-ring (bicyclic) bond motifs is 1. The first-order valence-corrected chi connectivity index (χ1v) is 6.27. The monoisotopic (exact) mass is 261 g/mol. The molecule has 0 saturated carbocycles. The fourth-order valence-electron chi connectivity index (χ4n) is 1.85. The maximum Gasteiger partial charge on any atom is 0.323 e. The van der Waals surface area contributed by atoms with Gasteiger partial charge in [0, 0.05) is 17.5 Å². The third-order valence-corrected chi connectivity index (χ3v) is 2.67. The van der Waals surface area contributed by atoms with Gasteiger partial charge in [0.05, 0.1) is 5.52 Å². The maximum absolute atomic E-state index is 11.8. The molecule has 0 spiro atoms. The molecule has 0 fully saturated rings. The Hall–Kier alpha value is -1.88. The van der Waals surface area contributed by atoms with E-state index in [1.807, 2.05) is 45.0 Å². The van der Waals surface area contributed by atoms with Crippen molar-refractivity contribution in [2.75, 3.05) is 0 Å². The number of aromatic amines is 1. The first-order valence-electron chi connectivity index (χ1n) is 6.27. The molecule has 1 aromatic carbocycles. The lowest BCUT2D eigenvalue weighted by Gasteiger charge is -2.21. The van der Waals surface area contributed by atoms with Gasteiger partial charge in [0.1, 0.15) is 11.6 Å². The molecular formula is C14H19N3O2. The molecule has 0 saturated heterocycles. The van der Waals surface area contributed by atoms with Crippen LogP contribution in [-0.4, -0.2) is 27.8 Å². The van der Waals surface area contributed by atoms with Crippen molar-refractivity contribution in [1.29, 1.82) is 0 Å². The van der Waals surface area contributed by atoms with Gasteiger partial charge in [-0.05, 0) is 26.8 Å². The second kappa shape index (κ2) is 5.01. The van der Waals surface area contributed by atoms with E-state index in [2.05, 4.69) is 10.2 Å². The minimum atomic E-state index is -0.692. The highest BCUT2D eigenvalue weighted by Gasteiger charge is 2.23. The number of carbonyl (C=O) groups is 1.